The second-order valence-electron chi connectivity index (χ2n) is 5.71. The van der Waals surface area contributed by atoms with Crippen LogP contribution in [0.4, 0.5) is 0 Å². The van der Waals surface area contributed by atoms with Gasteiger partial charge in [0.1, 0.15) is 11.2 Å². The van der Waals surface area contributed by atoms with Crippen LogP contribution in [0.1, 0.15) is 34.6 Å². The van der Waals surface area contributed by atoms with E-state index < -0.39 is 0 Å². The van der Waals surface area contributed by atoms with Gasteiger partial charge in [-0.3, -0.25) is 9.89 Å². The predicted molar refractivity (Wildman–Crippen MR) is 82.5 cm³/mol. The summed E-state index contributed by atoms with van der Waals surface area (Å²) < 4.78 is 0. The summed E-state index contributed by atoms with van der Waals surface area (Å²) in [6.07, 6.45) is 3.97. The van der Waals surface area contributed by atoms with Crippen molar-refractivity contribution in [3.05, 3.63) is 16.9 Å². The average Bonchev–Trinajstić information content (AvgIpc) is 3.20. The summed E-state index contributed by atoms with van der Waals surface area (Å²) in [5, 5.41) is 17.1. The molecule has 7 nitrogen and oxygen atoms in total. The molecular weight excluding hydrogens is 302 g/mol. The summed E-state index contributed by atoms with van der Waals surface area (Å²) in [4.78, 5) is 23.4. The van der Waals surface area contributed by atoms with Crippen molar-refractivity contribution < 1.29 is 9.90 Å². The Bertz CT molecular complexity index is 654. The van der Waals surface area contributed by atoms with Crippen LogP contribution < -0.4 is 0 Å². The van der Waals surface area contributed by atoms with Gasteiger partial charge in [-0.2, -0.15) is 5.10 Å². The highest BCUT2D eigenvalue weighted by molar-refractivity contribution is 7.17. The van der Waals surface area contributed by atoms with Gasteiger partial charge in [0.2, 0.25) is 0 Å². The largest absolute Gasteiger partial charge is 0.393 e. The minimum absolute atomic E-state index is 0.0557. The molecule has 2 aromatic rings. The van der Waals surface area contributed by atoms with Gasteiger partial charge in [0.15, 0.2) is 10.8 Å². The summed E-state index contributed by atoms with van der Waals surface area (Å²) in [6.45, 7) is 2.40. The van der Waals surface area contributed by atoms with E-state index in [-0.39, 0.29) is 17.9 Å². The zero-order valence-corrected chi connectivity index (χ0v) is 13.4. The van der Waals surface area contributed by atoms with Crippen LogP contribution in [0.25, 0.3) is 10.8 Å². The van der Waals surface area contributed by atoms with Crippen molar-refractivity contribution in [3.63, 3.8) is 0 Å². The molecule has 0 bridgehead atoms. The van der Waals surface area contributed by atoms with Crippen molar-refractivity contribution in [1.82, 2.24) is 25.1 Å². The summed E-state index contributed by atoms with van der Waals surface area (Å²) >= 11 is 1.31. The Kier molecular flexibility index (Phi) is 4.21. The van der Waals surface area contributed by atoms with Crippen molar-refractivity contribution in [2.75, 3.05) is 13.6 Å². The Balaban J connectivity index is 1.74. The lowest BCUT2D eigenvalue weighted by atomic mass is 10.1. The number of hydrogen-bond acceptors (Lipinski definition) is 6. The highest BCUT2D eigenvalue weighted by Crippen LogP contribution is 2.29. The standard InChI is InChI=1S/C14H19N5O2S/c1-8-11(22-13(17-8)12-15-7-16-18-12)14(21)19(2)6-9-4-3-5-10(9)20/h7,9-10,20H,3-6H2,1-2H3,(H,15,16,18). The highest BCUT2D eigenvalue weighted by atomic mass is 32.1. The number of hydrogen-bond donors (Lipinski definition) is 2. The highest BCUT2D eigenvalue weighted by Gasteiger charge is 2.29. The summed E-state index contributed by atoms with van der Waals surface area (Å²) in [7, 11) is 1.78. The van der Waals surface area contributed by atoms with Gasteiger partial charge < -0.3 is 10.0 Å². The third-order valence-electron chi connectivity index (χ3n) is 4.08. The topological polar surface area (TPSA) is 95.0 Å². The zero-order valence-electron chi connectivity index (χ0n) is 12.6. The van der Waals surface area contributed by atoms with Crippen LogP contribution in [0, 0.1) is 12.8 Å². The minimum Gasteiger partial charge on any atom is -0.393 e. The number of rotatable bonds is 4. The van der Waals surface area contributed by atoms with Crippen molar-refractivity contribution in [2.24, 2.45) is 5.92 Å². The number of aryl methyl sites for hydroxylation is 1. The van der Waals surface area contributed by atoms with Gasteiger partial charge in [-0.25, -0.2) is 9.97 Å². The molecule has 118 valence electrons. The number of aliphatic hydroxyl groups excluding tert-OH is 1. The van der Waals surface area contributed by atoms with Gasteiger partial charge >= 0.3 is 0 Å². The second kappa shape index (κ2) is 6.13. The number of nitrogens with zero attached hydrogens (tertiary/aromatic N) is 4. The fourth-order valence-electron chi connectivity index (χ4n) is 2.84. The number of nitrogens with one attached hydrogen (secondary N) is 1. The van der Waals surface area contributed by atoms with Crippen molar-refractivity contribution in [2.45, 2.75) is 32.3 Å². The van der Waals surface area contributed by atoms with Gasteiger partial charge in [-0.1, -0.05) is 6.42 Å². The molecule has 2 atom stereocenters. The van der Waals surface area contributed by atoms with Crippen molar-refractivity contribution >= 4 is 17.2 Å². The van der Waals surface area contributed by atoms with E-state index in [4.69, 9.17) is 0 Å². The number of carbonyl (C=O) groups excluding carboxylic acids is 1. The van der Waals surface area contributed by atoms with Gasteiger partial charge in [0.25, 0.3) is 5.91 Å². The van der Waals surface area contributed by atoms with Crippen LogP contribution in [0.5, 0.6) is 0 Å². The lowest BCUT2D eigenvalue weighted by Crippen LogP contribution is -2.34. The van der Waals surface area contributed by atoms with Crippen LogP contribution in [-0.4, -0.2) is 55.8 Å². The fourth-order valence-corrected chi connectivity index (χ4v) is 3.85. The molecule has 0 saturated heterocycles. The number of H-pyrrole nitrogens is 1. The van der Waals surface area contributed by atoms with Crippen molar-refractivity contribution in [1.29, 1.82) is 0 Å². The van der Waals surface area contributed by atoms with Crippen LogP contribution in [0.2, 0.25) is 0 Å². The monoisotopic (exact) mass is 321 g/mol. The average molecular weight is 321 g/mol. The van der Waals surface area contributed by atoms with Gasteiger partial charge in [0, 0.05) is 19.5 Å². The molecule has 1 saturated carbocycles. The normalized spacial score (nSPS) is 21.2. The molecule has 1 amide bonds. The van der Waals surface area contributed by atoms with E-state index in [0.29, 0.717) is 27.9 Å². The Morgan fingerprint density at radius 1 is 1.55 bits per heavy atom. The zero-order chi connectivity index (χ0) is 15.7. The maximum absolute atomic E-state index is 12.6. The van der Waals surface area contributed by atoms with Crippen LogP contribution >= 0.6 is 11.3 Å². The van der Waals surface area contributed by atoms with E-state index in [1.54, 1.807) is 11.9 Å². The molecule has 8 heteroatoms. The molecule has 0 aromatic carbocycles. The SMILES string of the molecule is Cc1nc(-c2ncn[nH]2)sc1C(=O)N(C)CC1CCCC1O. The molecule has 1 aliphatic rings. The van der Waals surface area contributed by atoms with Crippen LogP contribution in [-0.2, 0) is 0 Å². The molecule has 2 aromatic heterocycles. The van der Waals surface area contributed by atoms with Gasteiger partial charge in [0.05, 0.1) is 11.8 Å². The molecule has 2 unspecified atom stereocenters. The quantitative estimate of drug-likeness (QED) is 0.889. The van der Waals surface area contributed by atoms with Crippen LogP contribution in [0.3, 0.4) is 0 Å². The van der Waals surface area contributed by atoms with E-state index >= 15 is 0 Å². The molecule has 0 radical (unpaired) electrons. The number of aromatic amines is 1. The first-order valence-corrected chi connectivity index (χ1v) is 8.14. The van der Waals surface area contributed by atoms with Gasteiger partial charge in [-0.15, -0.1) is 11.3 Å². The van der Waals surface area contributed by atoms with E-state index in [1.165, 1.54) is 17.7 Å². The molecule has 2 N–H and O–H groups in total. The van der Waals surface area contributed by atoms with Crippen molar-refractivity contribution in [3.8, 4) is 10.8 Å². The molecule has 2 heterocycles. The minimum atomic E-state index is -0.289. The predicted octanol–water partition coefficient (Wildman–Crippen LogP) is 1.47. The Morgan fingerprint density at radius 2 is 2.36 bits per heavy atom. The first kappa shape index (κ1) is 15.1. The second-order valence-corrected chi connectivity index (χ2v) is 6.71. The molecular formula is C14H19N5O2S. The number of carbonyl (C=O) groups is 1. The van der Waals surface area contributed by atoms with E-state index in [1.807, 2.05) is 6.92 Å². The third kappa shape index (κ3) is 2.89. The maximum Gasteiger partial charge on any atom is 0.265 e. The Hall–Kier alpha value is -1.80. The maximum atomic E-state index is 12.6. The number of aromatic nitrogens is 4. The number of amides is 1. The molecule has 22 heavy (non-hydrogen) atoms. The Morgan fingerprint density at radius 3 is 3.00 bits per heavy atom. The lowest BCUT2D eigenvalue weighted by molar-refractivity contribution is 0.0697. The summed E-state index contributed by atoms with van der Waals surface area (Å²) in [5.74, 6) is 0.691. The number of aliphatic hydroxyl groups is 1. The lowest BCUT2D eigenvalue weighted by Gasteiger charge is -2.22. The van der Waals surface area contributed by atoms with Crippen LogP contribution in [0.15, 0.2) is 6.33 Å². The van der Waals surface area contributed by atoms with E-state index in [9.17, 15) is 9.90 Å². The molecule has 0 spiro atoms. The molecule has 3 rings (SSSR count). The fraction of sp³-hybridized carbons (Fsp3) is 0.571. The van der Waals surface area contributed by atoms with E-state index in [0.717, 1.165) is 19.3 Å². The number of thiazole rings is 1. The first-order valence-electron chi connectivity index (χ1n) is 7.33. The molecule has 1 fully saturated rings. The Labute approximate surface area is 132 Å². The van der Waals surface area contributed by atoms with Gasteiger partial charge in [-0.05, 0) is 19.8 Å². The smallest absolute Gasteiger partial charge is 0.265 e. The third-order valence-corrected chi connectivity index (χ3v) is 5.23. The molecule has 1 aliphatic carbocycles. The summed E-state index contributed by atoms with van der Waals surface area (Å²) in [6, 6.07) is 0. The molecule has 0 aliphatic heterocycles. The van der Waals surface area contributed by atoms with E-state index in [2.05, 4.69) is 20.2 Å². The summed E-state index contributed by atoms with van der Waals surface area (Å²) in [5.41, 5.74) is 0.695. The first-order chi connectivity index (χ1) is 10.6.